The monoisotopic (exact) mass is 182 g/mol. The number of nitrogens with one attached hydrogen (secondary N) is 1. The number of carbonyl (C=O) groups is 2. The van der Waals surface area contributed by atoms with Crippen LogP contribution < -0.4 is 11.1 Å². The predicted octanol–water partition coefficient (Wildman–Crippen LogP) is 0.0867. The third-order valence-corrected chi connectivity index (χ3v) is 2.11. The number of rotatable bonds is 3. The Morgan fingerprint density at radius 3 is 2.77 bits per heavy atom. The Labute approximate surface area is 77.2 Å². The quantitative estimate of drug-likeness (QED) is 0.649. The van der Waals surface area contributed by atoms with Crippen molar-refractivity contribution in [2.45, 2.75) is 32.2 Å². The van der Waals surface area contributed by atoms with Gasteiger partial charge >= 0.3 is 0 Å². The Morgan fingerprint density at radius 1 is 1.62 bits per heavy atom. The summed E-state index contributed by atoms with van der Waals surface area (Å²) in [5, 5.41) is 2.54. The summed E-state index contributed by atoms with van der Waals surface area (Å²) in [5.41, 5.74) is 5.78. The molecule has 0 aromatic rings. The predicted molar refractivity (Wildman–Crippen MR) is 48.7 cm³/mol. The molecule has 4 nitrogen and oxygen atoms in total. The summed E-state index contributed by atoms with van der Waals surface area (Å²) in [6.07, 6.45) is 4.68. The first kappa shape index (κ1) is 9.77. The van der Waals surface area contributed by atoms with E-state index < -0.39 is 11.9 Å². The van der Waals surface area contributed by atoms with Gasteiger partial charge in [0.25, 0.3) is 0 Å². The normalized spacial score (nSPS) is 17.8. The first-order valence-electron chi connectivity index (χ1n) is 4.40. The van der Waals surface area contributed by atoms with Crippen molar-refractivity contribution in [3.63, 3.8) is 0 Å². The van der Waals surface area contributed by atoms with E-state index in [1.54, 1.807) is 6.92 Å². The molecule has 1 unspecified atom stereocenters. The Balaban J connectivity index is 2.45. The minimum atomic E-state index is -0.589. The molecule has 4 heteroatoms. The van der Waals surface area contributed by atoms with Gasteiger partial charge < -0.3 is 11.1 Å². The van der Waals surface area contributed by atoms with Gasteiger partial charge in [-0.15, -0.1) is 0 Å². The summed E-state index contributed by atoms with van der Waals surface area (Å²) in [6.45, 7) is 1.58. The van der Waals surface area contributed by atoms with Gasteiger partial charge in [0.2, 0.25) is 11.8 Å². The van der Waals surface area contributed by atoms with Gasteiger partial charge in [0.15, 0.2) is 0 Å². The van der Waals surface area contributed by atoms with Crippen molar-refractivity contribution < 1.29 is 9.59 Å². The topological polar surface area (TPSA) is 72.2 Å². The minimum Gasteiger partial charge on any atom is -0.368 e. The van der Waals surface area contributed by atoms with Crippen molar-refractivity contribution in [2.24, 2.45) is 5.73 Å². The molecule has 0 radical (unpaired) electrons. The van der Waals surface area contributed by atoms with Crippen molar-refractivity contribution in [1.82, 2.24) is 5.32 Å². The zero-order valence-electron chi connectivity index (χ0n) is 7.67. The molecule has 72 valence electrons. The Hall–Kier alpha value is -1.32. The summed E-state index contributed by atoms with van der Waals surface area (Å²) in [7, 11) is 0. The molecule has 1 aliphatic carbocycles. The van der Waals surface area contributed by atoms with Crippen LogP contribution in [0.2, 0.25) is 0 Å². The highest BCUT2D eigenvalue weighted by atomic mass is 16.2. The first-order valence-corrected chi connectivity index (χ1v) is 4.40. The van der Waals surface area contributed by atoms with Gasteiger partial charge in [-0.2, -0.15) is 0 Å². The Kier molecular flexibility index (Phi) is 3.06. The van der Waals surface area contributed by atoms with E-state index in [0.717, 1.165) is 24.8 Å². The zero-order valence-corrected chi connectivity index (χ0v) is 7.67. The van der Waals surface area contributed by atoms with Crippen LogP contribution in [0.5, 0.6) is 0 Å². The number of allylic oxidation sites excluding steroid dienone is 1. The van der Waals surface area contributed by atoms with Crippen molar-refractivity contribution in [2.75, 3.05) is 0 Å². The SMILES string of the molecule is CC(NC(=O)C1=CCCC1)C(N)=O. The number of nitrogens with two attached hydrogens (primary N) is 1. The van der Waals surface area contributed by atoms with E-state index in [-0.39, 0.29) is 5.91 Å². The molecule has 0 heterocycles. The highest BCUT2D eigenvalue weighted by Crippen LogP contribution is 2.17. The van der Waals surface area contributed by atoms with E-state index >= 15 is 0 Å². The molecule has 0 fully saturated rings. The second-order valence-electron chi connectivity index (χ2n) is 3.22. The lowest BCUT2D eigenvalue weighted by Gasteiger charge is -2.10. The summed E-state index contributed by atoms with van der Waals surface area (Å²) < 4.78 is 0. The summed E-state index contributed by atoms with van der Waals surface area (Å²) >= 11 is 0. The number of amides is 2. The van der Waals surface area contributed by atoms with Crippen LogP contribution in [0.25, 0.3) is 0 Å². The lowest BCUT2D eigenvalue weighted by Crippen LogP contribution is -2.42. The average Bonchev–Trinajstić information content (AvgIpc) is 2.55. The lowest BCUT2D eigenvalue weighted by molar-refractivity contribution is -0.125. The molecule has 0 saturated heterocycles. The van der Waals surface area contributed by atoms with Crippen LogP contribution in [0.1, 0.15) is 26.2 Å². The number of hydrogen-bond acceptors (Lipinski definition) is 2. The Bertz CT molecular complexity index is 258. The molecular formula is C9H14N2O2. The van der Waals surface area contributed by atoms with Crippen LogP contribution >= 0.6 is 0 Å². The second-order valence-corrected chi connectivity index (χ2v) is 3.22. The molecule has 2 amide bonds. The largest absolute Gasteiger partial charge is 0.368 e. The molecule has 0 bridgehead atoms. The first-order chi connectivity index (χ1) is 6.11. The third-order valence-electron chi connectivity index (χ3n) is 2.11. The van der Waals surface area contributed by atoms with Crippen LogP contribution in [-0.4, -0.2) is 17.9 Å². The molecular weight excluding hydrogens is 168 g/mol. The molecule has 0 saturated carbocycles. The van der Waals surface area contributed by atoms with Gasteiger partial charge in [-0.25, -0.2) is 0 Å². The number of carbonyl (C=O) groups excluding carboxylic acids is 2. The second kappa shape index (κ2) is 4.07. The van der Waals surface area contributed by atoms with E-state index in [4.69, 9.17) is 5.73 Å². The standard InChI is InChI=1S/C9H14N2O2/c1-6(8(10)12)11-9(13)7-4-2-3-5-7/h4,6H,2-3,5H2,1H3,(H2,10,12)(H,11,13). The highest BCUT2D eigenvalue weighted by molar-refractivity contribution is 5.96. The average molecular weight is 182 g/mol. The van der Waals surface area contributed by atoms with Crippen LogP contribution in [0.15, 0.2) is 11.6 Å². The molecule has 0 aliphatic heterocycles. The number of hydrogen-bond donors (Lipinski definition) is 2. The van der Waals surface area contributed by atoms with Gasteiger partial charge in [-0.3, -0.25) is 9.59 Å². The molecule has 1 aliphatic rings. The van der Waals surface area contributed by atoms with Crippen LogP contribution in [0, 0.1) is 0 Å². The number of primary amides is 1. The molecule has 3 N–H and O–H groups in total. The smallest absolute Gasteiger partial charge is 0.247 e. The fourth-order valence-corrected chi connectivity index (χ4v) is 1.24. The maximum absolute atomic E-state index is 11.4. The molecule has 0 spiro atoms. The van der Waals surface area contributed by atoms with E-state index in [0.29, 0.717) is 0 Å². The molecule has 13 heavy (non-hydrogen) atoms. The molecule has 0 aromatic heterocycles. The van der Waals surface area contributed by atoms with Crippen molar-refractivity contribution >= 4 is 11.8 Å². The van der Waals surface area contributed by atoms with Crippen LogP contribution in [0.3, 0.4) is 0 Å². The summed E-state index contributed by atoms with van der Waals surface area (Å²) in [4.78, 5) is 22.0. The lowest BCUT2D eigenvalue weighted by atomic mass is 10.2. The van der Waals surface area contributed by atoms with Crippen molar-refractivity contribution in [3.8, 4) is 0 Å². The summed E-state index contributed by atoms with van der Waals surface area (Å²) in [5.74, 6) is -0.671. The van der Waals surface area contributed by atoms with Crippen molar-refractivity contribution in [1.29, 1.82) is 0 Å². The van der Waals surface area contributed by atoms with E-state index in [2.05, 4.69) is 5.32 Å². The molecule has 1 rings (SSSR count). The van der Waals surface area contributed by atoms with Crippen LogP contribution in [-0.2, 0) is 9.59 Å². The fraction of sp³-hybridized carbons (Fsp3) is 0.556. The van der Waals surface area contributed by atoms with Crippen molar-refractivity contribution in [3.05, 3.63) is 11.6 Å². The maximum atomic E-state index is 11.4. The molecule has 0 aromatic carbocycles. The van der Waals surface area contributed by atoms with Gasteiger partial charge in [0.1, 0.15) is 6.04 Å². The van der Waals surface area contributed by atoms with E-state index in [1.807, 2.05) is 6.08 Å². The highest BCUT2D eigenvalue weighted by Gasteiger charge is 2.17. The van der Waals surface area contributed by atoms with E-state index in [1.165, 1.54) is 0 Å². The van der Waals surface area contributed by atoms with Gasteiger partial charge in [-0.1, -0.05) is 6.08 Å². The van der Waals surface area contributed by atoms with E-state index in [9.17, 15) is 9.59 Å². The molecule has 1 atom stereocenters. The van der Waals surface area contributed by atoms with Gasteiger partial charge in [-0.05, 0) is 26.2 Å². The maximum Gasteiger partial charge on any atom is 0.247 e. The van der Waals surface area contributed by atoms with Gasteiger partial charge in [0.05, 0.1) is 0 Å². The zero-order chi connectivity index (χ0) is 9.84. The van der Waals surface area contributed by atoms with Gasteiger partial charge in [0, 0.05) is 5.57 Å². The fourth-order valence-electron chi connectivity index (χ4n) is 1.24. The summed E-state index contributed by atoms with van der Waals surface area (Å²) in [6, 6.07) is -0.589. The minimum absolute atomic E-state index is 0.163. The van der Waals surface area contributed by atoms with Crippen LogP contribution in [0.4, 0.5) is 0 Å². The Morgan fingerprint density at radius 2 is 2.31 bits per heavy atom. The third kappa shape index (κ3) is 2.57.